The van der Waals surface area contributed by atoms with Gasteiger partial charge in [0.05, 0.1) is 0 Å². The Morgan fingerprint density at radius 2 is 2.12 bits per heavy atom. The summed E-state index contributed by atoms with van der Waals surface area (Å²) >= 11 is 16.5. The molecule has 1 rings (SSSR count). The maximum atomic E-state index is 11.7. The zero-order valence-corrected chi connectivity index (χ0v) is 11.9. The van der Waals surface area contributed by atoms with Gasteiger partial charge in [-0.15, -0.1) is 23.2 Å². The van der Waals surface area contributed by atoms with Crippen LogP contribution in [-0.2, 0) is 4.79 Å². The molecule has 4 heteroatoms. The summed E-state index contributed by atoms with van der Waals surface area (Å²) in [5.41, 5.74) is 0. The molecule has 1 nitrogen and oxygen atoms in total. The highest BCUT2D eigenvalue weighted by Gasteiger charge is 2.31. The van der Waals surface area contributed by atoms with Crippen LogP contribution in [0.3, 0.4) is 0 Å². The largest absolute Gasteiger partial charge is 0.299 e. The van der Waals surface area contributed by atoms with Crippen molar-refractivity contribution < 1.29 is 4.79 Å². The predicted octanol–water partition coefficient (Wildman–Crippen LogP) is 4.06. The van der Waals surface area contributed by atoms with Gasteiger partial charge in [-0.3, -0.25) is 4.79 Å². The molecule has 1 saturated carbocycles. The monoisotopic (exact) mass is 282 g/mol. The van der Waals surface area contributed by atoms with E-state index in [9.17, 15) is 4.79 Å². The highest BCUT2D eigenvalue weighted by atomic mass is 35.5. The van der Waals surface area contributed by atoms with Gasteiger partial charge in [-0.25, -0.2) is 0 Å². The van der Waals surface area contributed by atoms with E-state index in [0.29, 0.717) is 18.1 Å². The third-order valence-electron chi connectivity index (χ3n) is 3.25. The van der Waals surface area contributed by atoms with Crippen molar-refractivity contribution in [3.63, 3.8) is 0 Å². The average Bonchev–Trinajstić information content (AvgIpc) is 2.29. The molecule has 0 amide bonds. The van der Waals surface area contributed by atoms with Gasteiger partial charge in [0.25, 0.3) is 0 Å². The maximum Gasteiger partial charge on any atom is 0.137 e. The molecule has 0 aromatic carbocycles. The van der Waals surface area contributed by atoms with E-state index in [1.807, 2.05) is 0 Å². The molecule has 0 aliphatic heterocycles. The number of halogens is 2. The molecular formula is C12H20Cl2OS. The van der Waals surface area contributed by atoms with Crippen LogP contribution in [-0.4, -0.2) is 22.3 Å². The van der Waals surface area contributed by atoms with E-state index in [0.717, 1.165) is 38.5 Å². The van der Waals surface area contributed by atoms with Crippen LogP contribution in [0.4, 0.5) is 0 Å². The number of hydrogen-bond acceptors (Lipinski definition) is 2. The van der Waals surface area contributed by atoms with Crippen LogP contribution < -0.4 is 0 Å². The first-order valence-corrected chi connectivity index (χ1v) is 7.56. The number of hydrogen-bond donors (Lipinski definition) is 1. The molecule has 16 heavy (non-hydrogen) atoms. The number of thiol groups is 1. The summed E-state index contributed by atoms with van der Waals surface area (Å²) in [5.74, 6) is 1.12. The van der Waals surface area contributed by atoms with Crippen LogP contribution in [0.5, 0.6) is 0 Å². The van der Waals surface area contributed by atoms with Crippen molar-refractivity contribution in [2.45, 2.75) is 55.6 Å². The molecule has 0 aromatic heterocycles. The molecule has 0 N–H and O–H groups in total. The lowest BCUT2D eigenvalue weighted by Gasteiger charge is -2.28. The second kappa shape index (κ2) is 7.84. The van der Waals surface area contributed by atoms with E-state index in [1.165, 1.54) is 0 Å². The van der Waals surface area contributed by atoms with Crippen LogP contribution in [0.25, 0.3) is 0 Å². The van der Waals surface area contributed by atoms with Gasteiger partial charge in [0, 0.05) is 28.8 Å². The predicted molar refractivity (Wildman–Crippen MR) is 74.0 cm³/mol. The van der Waals surface area contributed by atoms with Gasteiger partial charge in [0.2, 0.25) is 0 Å². The molecule has 0 heterocycles. The minimum Gasteiger partial charge on any atom is -0.299 e. The molecule has 0 spiro atoms. The minimum absolute atomic E-state index is 0.00130. The summed E-state index contributed by atoms with van der Waals surface area (Å²) in [7, 11) is 0. The summed E-state index contributed by atoms with van der Waals surface area (Å²) in [5, 5.41) is 0.0170. The quantitative estimate of drug-likeness (QED) is 0.442. The Morgan fingerprint density at radius 1 is 1.38 bits per heavy atom. The smallest absolute Gasteiger partial charge is 0.137 e. The average molecular weight is 283 g/mol. The molecule has 0 saturated heterocycles. The van der Waals surface area contributed by atoms with Crippen molar-refractivity contribution in [2.24, 2.45) is 5.92 Å². The van der Waals surface area contributed by atoms with Crippen LogP contribution >= 0.6 is 35.8 Å². The normalized spacial score (nSPS) is 25.4. The fourth-order valence-electron chi connectivity index (χ4n) is 2.23. The Kier molecular flexibility index (Phi) is 7.18. The lowest BCUT2D eigenvalue weighted by molar-refractivity contribution is -0.124. The van der Waals surface area contributed by atoms with Gasteiger partial charge >= 0.3 is 0 Å². The molecule has 94 valence electrons. The fourth-order valence-corrected chi connectivity index (χ4v) is 3.21. The summed E-state index contributed by atoms with van der Waals surface area (Å²) in [6, 6.07) is 0. The van der Waals surface area contributed by atoms with Gasteiger partial charge < -0.3 is 0 Å². The first kappa shape index (κ1) is 14.7. The van der Waals surface area contributed by atoms with E-state index >= 15 is 0 Å². The Morgan fingerprint density at radius 3 is 2.75 bits per heavy atom. The molecule has 1 aliphatic rings. The number of ketones is 1. The fraction of sp³-hybridized carbons (Fsp3) is 0.917. The van der Waals surface area contributed by atoms with E-state index in [-0.39, 0.29) is 16.5 Å². The zero-order valence-electron chi connectivity index (χ0n) is 9.50. The van der Waals surface area contributed by atoms with E-state index in [4.69, 9.17) is 23.2 Å². The number of rotatable bonds is 6. The lowest BCUT2D eigenvalue weighted by Crippen LogP contribution is -2.33. The number of carbonyl (C=O) groups excluding carboxylic acids is 1. The minimum atomic E-state index is -0.00130. The summed E-state index contributed by atoms with van der Waals surface area (Å²) < 4.78 is 0. The van der Waals surface area contributed by atoms with Crippen molar-refractivity contribution in [3.8, 4) is 0 Å². The van der Waals surface area contributed by atoms with Gasteiger partial charge in [-0.05, 0) is 25.7 Å². The summed E-state index contributed by atoms with van der Waals surface area (Å²) in [4.78, 5) is 11.7. The van der Waals surface area contributed by atoms with Crippen molar-refractivity contribution in [3.05, 3.63) is 0 Å². The maximum absolute atomic E-state index is 11.7. The van der Waals surface area contributed by atoms with E-state index < -0.39 is 0 Å². The molecule has 1 aliphatic carbocycles. The summed E-state index contributed by atoms with van der Waals surface area (Å²) in [6.07, 6.45) is 6.78. The zero-order chi connectivity index (χ0) is 12.0. The Hall–Kier alpha value is 0.600. The topological polar surface area (TPSA) is 17.1 Å². The van der Waals surface area contributed by atoms with Crippen LogP contribution in [0.2, 0.25) is 0 Å². The second-order valence-electron chi connectivity index (χ2n) is 4.51. The van der Waals surface area contributed by atoms with Crippen LogP contribution in [0, 0.1) is 5.92 Å². The SMILES string of the molecule is O=C1CCCCC1C(S)C(Cl)CCCCCl. The van der Waals surface area contributed by atoms with Crippen molar-refractivity contribution >= 4 is 41.6 Å². The third-order valence-corrected chi connectivity index (χ3v) is 4.90. The second-order valence-corrected chi connectivity index (χ2v) is 6.04. The van der Waals surface area contributed by atoms with Crippen molar-refractivity contribution in [1.82, 2.24) is 0 Å². The van der Waals surface area contributed by atoms with Crippen LogP contribution in [0.15, 0.2) is 0 Å². The molecule has 0 radical (unpaired) electrons. The van der Waals surface area contributed by atoms with Crippen molar-refractivity contribution in [2.75, 3.05) is 5.88 Å². The van der Waals surface area contributed by atoms with Crippen LogP contribution in [0.1, 0.15) is 44.9 Å². The van der Waals surface area contributed by atoms with Gasteiger partial charge in [0.1, 0.15) is 5.78 Å². The van der Waals surface area contributed by atoms with Gasteiger partial charge in [0.15, 0.2) is 0 Å². The molecule has 0 bridgehead atoms. The highest BCUT2D eigenvalue weighted by molar-refractivity contribution is 7.81. The Labute approximate surface area is 114 Å². The first-order chi connectivity index (χ1) is 7.66. The number of Topliss-reactive ketones (excluding diaryl/α,β-unsaturated/α-hetero) is 1. The van der Waals surface area contributed by atoms with Gasteiger partial charge in [-0.2, -0.15) is 12.6 Å². The Balaban J connectivity index is 2.36. The Bertz CT molecular complexity index is 223. The number of unbranched alkanes of at least 4 members (excludes halogenated alkanes) is 1. The summed E-state index contributed by atoms with van der Waals surface area (Å²) in [6.45, 7) is 0. The van der Waals surface area contributed by atoms with Crippen molar-refractivity contribution in [1.29, 1.82) is 0 Å². The molecule has 3 unspecified atom stereocenters. The molecular weight excluding hydrogens is 263 g/mol. The lowest BCUT2D eigenvalue weighted by atomic mass is 9.84. The molecule has 1 fully saturated rings. The molecule has 0 aromatic rings. The standard InChI is InChI=1S/C12H20Cl2OS/c13-8-4-3-6-10(14)12(16)9-5-1-2-7-11(9)15/h9-10,12,16H,1-8H2. The third kappa shape index (κ3) is 4.46. The number of alkyl halides is 2. The van der Waals surface area contributed by atoms with Gasteiger partial charge in [-0.1, -0.05) is 12.8 Å². The first-order valence-electron chi connectivity index (χ1n) is 6.07. The number of carbonyl (C=O) groups is 1. The highest BCUT2D eigenvalue weighted by Crippen LogP contribution is 2.31. The van der Waals surface area contributed by atoms with E-state index in [1.54, 1.807) is 0 Å². The van der Waals surface area contributed by atoms with E-state index in [2.05, 4.69) is 12.6 Å². The molecule has 3 atom stereocenters.